The van der Waals surface area contributed by atoms with Crippen LogP contribution < -0.4 is 10.3 Å². The van der Waals surface area contributed by atoms with Gasteiger partial charge in [-0.1, -0.05) is 29.3 Å². The van der Waals surface area contributed by atoms with Crippen LogP contribution in [0.15, 0.2) is 59.6 Å². The fraction of sp³-hybridized carbons (Fsp3) is 0. The molecule has 2 aromatic carbocycles. The van der Waals surface area contributed by atoms with E-state index < -0.39 is 15.9 Å². The van der Waals surface area contributed by atoms with Gasteiger partial charge in [0.25, 0.3) is 15.9 Å². The largest absolute Gasteiger partial charge is 0.273 e. The molecule has 0 saturated heterocycles. The number of nitrogens with one attached hydrogen (secondary N) is 2. The first-order valence-electron chi connectivity index (χ1n) is 6.98. The zero-order chi connectivity index (χ0) is 18.0. The number of sulfonamides is 1. The number of benzene rings is 2. The maximum atomic E-state index is 12.2. The number of hydrazine groups is 1. The van der Waals surface area contributed by atoms with Crippen molar-refractivity contribution in [2.24, 2.45) is 0 Å². The van der Waals surface area contributed by atoms with Gasteiger partial charge in [0.15, 0.2) is 0 Å². The molecule has 1 heterocycles. The van der Waals surface area contributed by atoms with Crippen molar-refractivity contribution in [3.8, 4) is 0 Å². The van der Waals surface area contributed by atoms with Crippen molar-refractivity contribution in [1.29, 1.82) is 0 Å². The van der Waals surface area contributed by atoms with Gasteiger partial charge in [0, 0.05) is 27.2 Å². The van der Waals surface area contributed by atoms with Crippen molar-refractivity contribution >= 4 is 50.0 Å². The summed E-state index contributed by atoms with van der Waals surface area (Å²) in [6, 6.07) is 12.2. The van der Waals surface area contributed by atoms with Gasteiger partial charge in [0.1, 0.15) is 0 Å². The second-order valence-corrected chi connectivity index (χ2v) is 7.63. The van der Waals surface area contributed by atoms with Crippen LogP contribution in [0.5, 0.6) is 0 Å². The maximum absolute atomic E-state index is 12.2. The second kappa shape index (κ2) is 6.97. The molecule has 0 aliphatic rings. The Morgan fingerprint density at radius 2 is 1.72 bits per heavy atom. The summed E-state index contributed by atoms with van der Waals surface area (Å²) >= 11 is 11.6. The highest BCUT2D eigenvalue weighted by Gasteiger charge is 2.17. The van der Waals surface area contributed by atoms with Crippen LogP contribution in [0.3, 0.4) is 0 Å². The highest BCUT2D eigenvalue weighted by Crippen LogP contribution is 2.22. The van der Waals surface area contributed by atoms with Gasteiger partial charge in [-0.3, -0.25) is 15.2 Å². The van der Waals surface area contributed by atoms with Crippen LogP contribution in [0.25, 0.3) is 10.9 Å². The number of pyridine rings is 1. The SMILES string of the molecule is O=C(NNS(=O)(=O)c1cc(Cl)cc(Cl)c1)c1ccc2ncccc2c1. The molecule has 6 nitrogen and oxygen atoms in total. The first-order valence-corrected chi connectivity index (χ1v) is 9.22. The van der Waals surface area contributed by atoms with Gasteiger partial charge < -0.3 is 0 Å². The summed E-state index contributed by atoms with van der Waals surface area (Å²) in [6.45, 7) is 0. The molecule has 25 heavy (non-hydrogen) atoms. The van der Waals surface area contributed by atoms with Crippen molar-refractivity contribution in [2.75, 3.05) is 0 Å². The first-order chi connectivity index (χ1) is 11.8. The van der Waals surface area contributed by atoms with Gasteiger partial charge in [-0.25, -0.2) is 8.42 Å². The third-order valence-corrected chi connectivity index (χ3v) is 4.97. The minimum atomic E-state index is -4.01. The molecule has 1 amide bonds. The molecule has 1 aromatic heterocycles. The third kappa shape index (κ3) is 4.08. The van der Waals surface area contributed by atoms with Crippen LogP contribution in [-0.4, -0.2) is 19.3 Å². The molecule has 128 valence electrons. The first kappa shape index (κ1) is 17.6. The number of nitrogens with zero attached hydrogens (tertiary/aromatic N) is 1. The van der Waals surface area contributed by atoms with Crippen LogP contribution >= 0.6 is 23.2 Å². The summed E-state index contributed by atoms with van der Waals surface area (Å²) in [4.78, 5) is 18.2. The molecule has 0 bridgehead atoms. The summed E-state index contributed by atoms with van der Waals surface area (Å²) in [5.41, 5.74) is 3.17. The Morgan fingerprint density at radius 1 is 1.00 bits per heavy atom. The molecule has 0 unspecified atom stereocenters. The van der Waals surface area contributed by atoms with E-state index in [1.807, 2.05) is 4.83 Å². The van der Waals surface area contributed by atoms with Crippen LogP contribution in [-0.2, 0) is 10.0 Å². The Balaban J connectivity index is 1.78. The predicted octanol–water partition coefficient (Wildman–Crippen LogP) is 3.16. The van der Waals surface area contributed by atoms with E-state index in [1.165, 1.54) is 18.2 Å². The number of halogens is 2. The van der Waals surface area contributed by atoms with Crippen LogP contribution in [0.4, 0.5) is 0 Å². The van der Waals surface area contributed by atoms with Crippen molar-refractivity contribution < 1.29 is 13.2 Å². The van der Waals surface area contributed by atoms with Crippen LogP contribution in [0.1, 0.15) is 10.4 Å². The third-order valence-electron chi connectivity index (χ3n) is 3.31. The van der Waals surface area contributed by atoms with E-state index in [-0.39, 0.29) is 20.5 Å². The number of aromatic nitrogens is 1. The lowest BCUT2D eigenvalue weighted by atomic mass is 10.1. The topological polar surface area (TPSA) is 88.2 Å². The molecule has 0 aliphatic carbocycles. The van der Waals surface area contributed by atoms with Crippen LogP contribution in [0.2, 0.25) is 10.0 Å². The molecule has 0 atom stereocenters. The summed E-state index contributed by atoms with van der Waals surface area (Å²) in [6.07, 6.45) is 1.65. The Kier molecular flexibility index (Phi) is 4.91. The molecule has 0 aliphatic heterocycles. The Morgan fingerprint density at radius 3 is 2.44 bits per heavy atom. The van der Waals surface area contributed by atoms with Gasteiger partial charge in [-0.05, 0) is 42.5 Å². The number of hydrogen-bond acceptors (Lipinski definition) is 4. The molecule has 3 aromatic rings. The lowest BCUT2D eigenvalue weighted by Gasteiger charge is -2.09. The predicted molar refractivity (Wildman–Crippen MR) is 96.0 cm³/mol. The van der Waals surface area contributed by atoms with Gasteiger partial charge in [0.05, 0.1) is 10.4 Å². The summed E-state index contributed by atoms with van der Waals surface area (Å²) < 4.78 is 24.5. The van der Waals surface area contributed by atoms with E-state index in [2.05, 4.69) is 10.4 Å². The number of amides is 1. The number of rotatable bonds is 4. The van der Waals surface area contributed by atoms with E-state index in [9.17, 15) is 13.2 Å². The fourth-order valence-electron chi connectivity index (χ4n) is 2.15. The lowest BCUT2D eigenvalue weighted by molar-refractivity contribution is 0.0945. The van der Waals surface area contributed by atoms with Crippen molar-refractivity contribution in [3.63, 3.8) is 0 Å². The summed E-state index contributed by atoms with van der Waals surface area (Å²) in [5.74, 6) is -0.609. The molecular formula is C16H11Cl2N3O3S. The fourth-order valence-corrected chi connectivity index (χ4v) is 3.71. The Hall–Kier alpha value is -2.19. The number of carbonyl (C=O) groups excluding carboxylic acids is 1. The molecule has 0 radical (unpaired) electrons. The Labute approximate surface area is 153 Å². The average Bonchev–Trinajstić information content (AvgIpc) is 2.58. The van der Waals surface area contributed by atoms with E-state index in [0.29, 0.717) is 0 Å². The zero-order valence-electron chi connectivity index (χ0n) is 12.5. The maximum Gasteiger partial charge on any atom is 0.266 e. The van der Waals surface area contributed by atoms with E-state index in [0.717, 1.165) is 10.9 Å². The molecule has 0 spiro atoms. The summed E-state index contributed by atoms with van der Waals surface area (Å²) in [7, 11) is -4.01. The van der Waals surface area contributed by atoms with E-state index in [1.54, 1.807) is 36.5 Å². The minimum absolute atomic E-state index is 0.159. The normalized spacial score (nSPS) is 11.4. The highest BCUT2D eigenvalue weighted by atomic mass is 35.5. The number of hydrogen-bond donors (Lipinski definition) is 2. The van der Waals surface area contributed by atoms with Gasteiger partial charge in [0.2, 0.25) is 0 Å². The van der Waals surface area contributed by atoms with E-state index >= 15 is 0 Å². The number of carbonyl (C=O) groups is 1. The molecule has 2 N–H and O–H groups in total. The van der Waals surface area contributed by atoms with Gasteiger partial charge in [-0.15, -0.1) is 4.83 Å². The van der Waals surface area contributed by atoms with Crippen molar-refractivity contribution in [1.82, 2.24) is 15.2 Å². The average molecular weight is 396 g/mol. The van der Waals surface area contributed by atoms with Gasteiger partial charge in [-0.2, -0.15) is 0 Å². The van der Waals surface area contributed by atoms with Gasteiger partial charge >= 0.3 is 0 Å². The molecule has 0 saturated carbocycles. The standard InChI is InChI=1S/C16H11Cl2N3O3S/c17-12-7-13(18)9-14(8-12)25(23,24)21-20-16(22)11-3-4-15-10(6-11)2-1-5-19-15/h1-9,21H,(H,20,22). The number of fused-ring (bicyclic) bond motifs is 1. The lowest BCUT2D eigenvalue weighted by Crippen LogP contribution is -2.41. The Bertz CT molecular complexity index is 1050. The highest BCUT2D eigenvalue weighted by molar-refractivity contribution is 7.89. The smallest absolute Gasteiger partial charge is 0.266 e. The minimum Gasteiger partial charge on any atom is -0.273 e. The van der Waals surface area contributed by atoms with Crippen LogP contribution in [0, 0.1) is 0 Å². The van der Waals surface area contributed by atoms with Crippen molar-refractivity contribution in [2.45, 2.75) is 4.90 Å². The molecule has 9 heteroatoms. The monoisotopic (exact) mass is 395 g/mol. The van der Waals surface area contributed by atoms with Crippen molar-refractivity contribution in [3.05, 3.63) is 70.3 Å². The zero-order valence-corrected chi connectivity index (χ0v) is 14.9. The molecule has 3 rings (SSSR count). The summed E-state index contributed by atoms with van der Waals surface area (Å²) in [5, 5.41) is 1.10. The second-order valence-electron chi connectivity index (χ2n) is 5.08. The molecule has 0 fully saturated rings. The van der Waals surface area contributed by atoms with E-state index in [4.69, 9.17) is 23.2 Å². The molecular weight excluding hydrogens is 385 g/mol. The quantitative estimate of drug-likeness (QED) is 0.664.